The maximum atomic E-state index is 15.0. The number of anilines is 1. The molecule has 3 aromatic rings. The highest BCUT2D eigenvalue weighted by molar-refractivity contribution is 7.22. The monoisotopic (exact) mass is 587 g/mol. The number of fused-ring (bicyclic) bond motifs is 2. The lowest BCUT2D eigenvalue weighted by atomic mass is 9.85. The van der Waals surface area contributed by atoms with E-state index in [1.165, 1.54) is 30.5 Å². The van der Waals surface area contributed by atoms with Crippen molar-refractivity contribution in [3.05, 3.63) is 46.9 Å². The molecule has 0 bridgehead atoms. The van der Waals surface area contributed by atoms with E-state index in [1.807, 2.05) is 0 Å². The Morgan fingerprint density at radius 1 is 1.35 bits per heavy atom. The Labute approximate surface area is 228 Å². The van der Waals surface area contributed by atoms with Gasteiger partial charge in [0.05, 0.1) is 28.7 Å². The van der Waals surface area contributed by atoms with Crippen LogP contribution in [0, 0.1) is 5.21 Å². The first-order valence-electron chi connectivity index (χ1n) is 12.0. The fraction of sp³-hybridized carbons (Fsp3) is 0.417. The van der Waals surface area contributed by atoms with Crippen LogP contribution in [-0.4, -0.2) is 65.8 Å². The van der Waals surface area contributed by atoms with Gasteiger partial charge in [0.1, 0.15) is 0 Å². The number of piperidine rings is 1. The van der Waals surface area contributed by atoms with Gasteiger partial charge in [-0.05, 0) is 20.0 Å². The number of benzene rings is 1. The van der Waals surface area contributed by atoms with Gasteiger partial charge in [-0.2, -0.15) is 4.73 Å². The number of carboxylic acid groups (broad SMARTS) is 1. The van der Waals surface area contributed by atoms with Crippen molar-refractivity contribution in [1.82, 2.24) is 15.2 Å². The maximum absolute atomic E-state index is 15.0. The first kappa shape index (κ1) is 29.2. The van der Waals surface area contributed by atoms with Crippen LogP contribution in [0.3, 0.4) is 0 Å². The van der Waals surface area contributed by atoms with Crippen molar-refractivity contribution in [2.75, 3.05) is 25.5 Å². The van der Waals surface area contributed by atoms with Crippen molar-refractivity contribution in [1.29, 1.82) is 0 Å². The van der Waals surface area contributed by atoms with Gasteiger partial charge in [0, 0.05) is 43.3 Å². The number of pyridine rings is 1. The van der Waals surface area contributed by atoms with Crippen LogP contribution in [0.1, 0.15) is 30.5 Å². The Kier molecular flexibility index (Phi) is 8.32. The van der Waals surface area contributed by atoms with Crippen LogP contribution in [0.4, 0.5) is 22.7 Å². The minimum absolute atomic E-state index is 0.0148. The second-order valence-electron chi connectivity index (χ2n) is 9.05. The Morgan fingerprint density at radius 2 is 2.02 bits per heavy atom. The van der Waals surface area contributed by atoms with E-state index in [4.69, 9.17) is 9.90 Å². The van der Waals surface area contributed by atoms with E-state index in [0.717, 1.165) is 11.3 Å². The summed E-state index contributed by atoms with van der Waals surface area (Å²) in [5.74, 6) is -5.09. The first-order chi connectivity index (χ1) is 18.9. The van der Waals surface area contributed by atoms with Crippen LogP contribution >= 0.6 is 11.3 Å². The third kappa shape index (κ3) is 6.03. The molecule has 1 fully saturated rings. The number of carbonyl (C=O) groups is 2. The standard InChI is InChI=1S/C23H23F4N5O4S.CH2O2/c1-12(20(33)30-21-29-15-8-17-18(9-19(15)37-21)36-23(26,27)35-17)31-7-5-22(24,25)14(11-31)13-4-3-6-32(34)16(13)10-28-2;2-1-3/h3-4,6,8-9,12,14,28H,5,7,10-11H2,1-2H3,(H,29,30,33);1H,(H,2,3)/t12-,14+;/m0./s1. The van der Waals surface area contributed by atoms with E-state index in [0.29, 0.717) is 14.9 Å². The number of nitrogens with one attached hydrogen (secondary N) is 2. The highest BCUT2D eigenvalue weighted by atomic mass is 32.1. The summed E-state index contributed by atoms with van der Waals surface area (Å²) in [7, 11) is 1.62. The Bertz CT molecular complexity index is 1360. The van der Waals surface area contributed by atoms with Gasteiger partial charge in [0.15, 0.2) is 22.8 Å². The largest absolute Gasteiger partial charge is 0.618 e. The predicted molar refractivity (Wildman–Crippen MR) is 135 cm³/mol. The fourth-order valence-corrected chi connectivity index (χ4v) is 5.49. The zero-order valence-corrected chi connectivity index (χ0v) is 22.0. The number of likely N-dealkylation sites (tertiary alicyclic amines) is 1. The van der Waals surface area contributed by atoms with Gasteiger partial charge in [-0.25, -0.2) is 13.8 Å². The summed E-state index contributed by atoms with van der Waals surface area (Å²) in [6, 6.07) is 4.83. The number of alkyl halides is 4. The number of thiazole rings is 1. The number of carbonyl (C=O) groups excluding carboxylic acids is 1. The minimum atomic E-state index is -3.75. The van der Waals surface area contributed by atoms with E-state index in [1.54, 1.807) is 18.9 Å². The smallest absolute Gasteiger partial charge is 0.586 e. The topological polar surface area (TPSA) is 140 Å². The van der Waals surface area contributed by atoms with Crippen molar-refractivity contribution < 1.29 is 46.5 Å². The molecule has 40 heavy (non-hydrogen) atoms. The SMILES string of the molecule is CNCc1c([C@H]2CN([C@@H](C)C(=O)Nc3nc4cc5c(cc4s3)OC(F)(F)O5)CCC2(F)F)ccc[n+]1[O-].O=CO. The minimum Gasteiger partial charge on any atom is -0.618 e. The molecule has 3 N–H and O–H groups in total. The molecule has 16 heteroatoms. The summed E-state index contributed by atoms with van der Waals surface area (Å²) in [6.45, 7) is 1.34. The van der Waals surface area contributed by atoms with Gasteiger partial charge in [-0.1, -0.05) is 11.3 Å². The Balaban J connectivity index is 0.00000118. The van der Waals surface area contributed by atoms with E-state index in [9.17, 15) is 18.8 Å². The highest BCUT2D eigenvalue weighted by Crippen LogP contribution is 2.45. The van der Waals surface area contributed by atoms with E-state index < -0.39 is 36.5 Å². The quantitative estimate of drug-likeness (QED) is 0.172. The normalized spacial score (nSPS) is 19.9. The summed E-state index contributed by atoms with van der Waals surface area (Å²) in [5, 5.41) is 24.9. The number of ether oxygens (including phenoxy) is 2. The lowest BCUT2D eigenvalue weighted by Crippen LogP contribution is -2.53. The molecule has 2 atom stereocenters. The molecular weight excluding hydrogens is 562 g/mol. The third-order valence-corrected chi connectivity index (χ3v) is 7.48. The van der Waals surface area contributed by atoms with Crippen LogP contribution < -0.4 is 24.8 Å². The molecule has 2 aliphatic rings. The number of halogens is 4. The van der Waals surface area contributed by atoms with Crippen LogP contribution in [0.15, 0.2) is 30.5 Å². The van der Waals surface area contributed by atoms with Crippen LogP contribution in [0.25, 0.3) is 10.2 Å². The highest BCUT2D eigenvalue weighted by Gasteiger charge is 2.48. The molecule has 0 saturated carbocycles. The van der Waals surface area contributed by atoms with Crippen molar-refractivity contribution in [2.45, 2.75) is 44.1 Å². The van der Waals surface area contributed by atoms with Crippen LogP contribution in [0.5, 0.6) is 11.5 Å². The average molecular weight is 588 g/mol. The van der Waals surface area contributed by atoms with Gasteiger partial charge >= 0.3 is 6.29 Å². The molecule has 1 aromatic carbocycles. The van der Waals surface area contributed by atoms with Crippen molar-refractivity contribution in [2.24, 2.45) is 0 Å². The van der Waals surface area contributed by atoms with E-state index in [2.05, 4.69) is 25.1 Å². The molecule has 2 aromatic heterocycles. The lowest BCUT2D eigenvalue weighted by molar-refractivity contribution is -0.615. The second kappa shape index (κ2) is 11.4. The molecule has 216 valence electrons. The van der Waals surface area contributed by atoms with E-state index in [-0.39, 0.29) is 54.0 Å². The van der Waals surface area contributed by atoms with Crippen LogP contribution in [-0.2, 0) is 16.1 Å². The molecule has 0 aliphatic carbocycles. The Hall–Kier alpha value is -3.76. The number of nitrogens with zero attached hydrogens (tertiary/aromatic N) is 3. The zero-order chi connectivity index (χ0) is 29.2. The molecule has 0 spiro atoms. The lowest BCUT2D eigenvalue weighted by Gasteiger charge is -2.40. The summed E-state index contributed by atoms with van der Waals surface area (Å²) in [5.41, 5.74) is 0.779. The number of aromatic nitrogens is 2. The second-order valence-corrected chi connectivity index (χ2v) is 10.1. The van der Waals surface area contributed by atoms with Crippen molar-refractivity contribution in [3.8, 4) is 11.5 Å². The van der Waals surface area contributed by atoms with Gasteiger partial charge in [-0.15, -0.1) is 8.78 Å². The van der Waals surface area contributed by atoms with Gasteiger partial charge < -0.3 is 30.4 Å². The number of rotatable bonds is 6. The summed E-state index contributed by atoms with van der Waals surface area (Å²) in [6.07, 6.45) is -2.95. The molecule has 5 rings (SSSR count). The average Bonchev–Trinajstić information content (AvgIpc) is 3.40. The summed E-state index contributed by atoms with van der Waals surface area (Å²) in [4.78, 5) is 27.3. The molecule has 11 nitrogen and oxygen atoms in total. The number of hydrogen-bond acceptors (Lipinski definition) is 9. The third-order valence-electron chi connectivity index (χ3n) is 6.54. The molecule has 1 amide bonds. The van der Waals surface area contributed by atoms with E-state index >= 15 is 8.78 Å². The molecule has 2 aliphatic heterocycles. The molecule has 0 radical (unpaired) electrons. The molecule has 1 saturated heterocycles. The van der Waals surface area contributed by atoms with Crippen LogP contribution in [0.2, 0.25) is 0 Å². The summed E-state index contributed by atoms with van der Waals surface area (Å²) >= 11 is 1.06. The van der Waals surface area contributed by atoms with Gasteiger partial charge in [-0.3, -0.25) is 14.5 Å². The number of amides is 1. The molecular formula is C24H25F4N5O6S. The zero-order valence-electron chi connectivity index (χ0n) is 21.2. The molecule has 0 unspecified atom stereocenters. The predicted octanol–water partition coefficient (Wildman–Crippen LogP) is 3.12. The maximum Gasteiger partial charge on any atom is 0.586 e. The van der Waals surface area contributed by atoms with Crippen molar-refractivity contribution in [3.63, 3.8) is 0 Å². The van der Waals surface area contributed by atoms with Crippen molar-refractivity contribution >= 4 is 39.1 Å². The summed E-state index contributed by atoms with van der Waals surface area (Å²) < 4.78 is 66.6. The first-order valence-corrected chi connectivity index (χ1v) is 12.8. The van der Waals surface area contributed by atoms with Gasteiger partial charge in [0.2, 0.25) is 11.6 Å². The molecule has 4 heterocycles. The Morgan fingerprint density at radius 3 is 2.70 bits per heavy atom. The fourth-order valence-electron chi connectivity index (χ4n) is 4.61. The number of hydrogen-bond donors (Lipinski definition) is 3. The van der Waals surface area contributed by atoms with Gasteiger partial charge in [0.25, 0.3) is 12.4 Å².